The number of para-hydroxylation sites is 1. The molecule has 0 aliphatic carbocycles. The van der Waals surface area contributed by atoms with Gasteiger partial charge in [-0.3, -0.25) is 4.79 Å². The molecule has 0 atom stereocenters. The van der Waals surface area contributed by atoms with Gasteiger partial charge in [0.05, 0.1) is 0 Å². The third-order valence-electron chi connectivity index (χ3n) is 3.54. The van der Waals surface area contributed by atoms with Gasteiger partial charge >= 0.3 is 0 Å². The van der Waals surface area contributed by atoms with E-state index in [1.54, 1.807) is 0 Å². The Bertz CT molecular complexity index is 815. The normalized spacial score (nSPS) is 10.4. The molecule has 7 heteroatoms. The van der Waals surface area contributed by atoms with Gasteiger partial charge in [0.1, 0.15) is 12.3 Å². The molecule has 3 aromatic rings. The van der Waals surface area contributed by atoms with Crippen molar-refractivity contribution >= 4 is 11.6 Å². The number of anilines is 1. The van der Waals surface area contributed by atoms with Crippen LogP contribution in [0, 0.1) is 0 Å². The summed E-state index contributed by atoms with van der Waals surface area (Å²) in [4.78, 5) is 13.3. The summed E-state index contributed by atoms with van der Waals surface area (Å²) >= 11 is 0. The van der Waals surface area contributed by atoms with E-state index >= 15 is 0 Å². The number of hydrogen-bond acceptors (Lipinski definition) is 5. The van der Waals surface area contributed by atoms with Crippen molar-refractivity contribution in [3.63, 3.8) is 0 Å². The average Bonchev–Trinajstić information content (AvgIpc) is 3.08. The van der Waals surface area contributed by atoms with Crippen LogP contribution in [0.25, 0.3) is 0 Å². The molecular weight excluding hydrogens is 318 g/mol. The third-order valence-corrected chi connectivity index (χ3v) is 3.54. The number of nitrogens with one attached hydrogen (secondary N) is 1. The highest BCUT2D eigenvalue weighted by molar-refractivity contribution is 5.90. The Morgan fingerprint density at radius 3 is 2.60 bits per heavy atom. The fraction of sp³-hybridized carbons (Fsp3) is 0.222. The second-order valence-corrected chi connectivity index (χ2v) is 5.44. The molecule has 0 unspecified atom stereocenters. The van der Waals surface area contributed by atoms with Crippen molar-refractivity contribution in [3.05, 3.63) is 66.0 Å². The highest BCUT2D eigenvalue weighted by atomic mass is 16.5. The zero-order valence-corrected chi connectivity index (χ0v) is 13.9. The van der Waals surface area contributed by atoms with Crippen molar-refractivity contribution in [1.29, 1.82) is 0 Å². The molecule has 0 saturated carbocycles. The molecule has 3 rings (SSSR count). The Morgan fingerprint density at radius 1 is 1.12 bits per heavy atom. The molecule has 0 saturated heterocycles. The number of carbonyl (C=O) groups is 1. The average molecular weight is 337 g/mol. The maximum Gasteiger partial charge on any atom is 0.248 e. The molecule has 7 nitrogen and oxygen atoms in total. The molecule has 1 N–H and O–H groups in total. The van der Waals surface area contributed by atoms with Crippen LogP contribution >= 0.6 is 0 Å². The number of nitrogens with zero attached hydrogens (tertiary/aromatic N) is 4. The van der Waals surface area contributed by atoms with Crippen molar-refractivity contribution in [2.45, 2.75) is 26.5 Å². The van der Waals surface area contributed by atoms with Gasteiger partial charge in [0.15, 0.2) is 6.61 Å². The van der Waals surface area contributed by atoms with Crippen LogP contribution in [0.15, 0.2) is 54.6 Å². The molecule has 1 heterocycles. The molecule has 0 fully saturated rings. The van der Waals surface area contributed by atoms with Crippen LogP contribution in [-0.4, -0.2) is 26.1 Å². The summed E-state index contributed by atoms with van der Waals surface area (Å²) in [6, 6.07) is 17.1. The minimum atomic E-state index is -0.211. The van der Waals surface area contributed by atoms with Crippen molar-refractivity contribution in [3.8, 4) is 5.75 Å². The quantitative estimate of drug-likeness (QED) is 0.716. The monoisotopic (exact) mass is 337 g/mol. The number of carbonyl (C=O) groups excluding carboxylic acids is 1. The summed E-state index contributed by atoms with van der Waals surface area (Å²) in [7, 11) is 0. The first-order valence-electron chi connectivity index (χ1n) is 8.06. The highest BCUT2D eigenvalue weighted by Crippen LogP contribution is 2.11. The molecule has 0 bridgehead atoms. The van der Waals surface area contributed by atoms with Gasteiger partial charge in [-0.1, -0.05) is 37.3 Å². The predicted octanol–water partition coefficient (Wildman–Crippen LogP) is 2.45. The van der Waals surface area contributed by atoms with E-state index in [1.165, 1.54) is 10.4 Å². The summed E-state index contributed by atoms with van der Waals surface area (Å²) < 4.78 is 5.55. The number of tetrazole rings is 1. The van der Waals surface area contributed by atoms with Gasteiger partial charge in [-0.15, -0.1) is 10.2 Å². The molecule has 0 radical (unpaired) electrons. The summed E-state index contributed by atoms with van der Waals surface area (Å²) in [6.07, 6.45) is 0.963. The standard InChI is InChI=1S/C18H19N5O2/c1-2-14-8-10-15(11-9-14)19-18(24)12-23-21-17(20-22-23)13-25-16-6-4-3-5-7-16/h3-11H,2,12-13H2,1H3,(H,19,24). The first-order valence-corrected chi connectivity index (χ1v) is 8.06. The van der Waals surface area contributed by atoms with E-state index in [2.05, 4.69) is 27.7 Å². The lowest BCUT2D eigenvalue weighted by molar-refractivity contribution is -0.117. The van der Waals surface area contributed by atoms with E-state index in [4.69, 9.17) is 4.74 Å². The van der Waals surface area contributed by atoms with Crippen LogP contribution in [-0.2, 0) is 24.4 Å². The lowest BCUT2D eigenvalue weighted by Gasteiger charge is -2.05. The van der Waals surface area contributed by atoms with Gasteiger partial charge in [-0.2, -0.15) is 4.80 Å². The summed E-state index contributed by atoms with van der Waals surface area (Å²) in [5.74, 6) is 0.938. The van der Waals surface area contributed by atoms with Gasteiger partial charge < -0.3 is 10.1 Å². The Hall–Kier alpha value is -3.22. The van der Waals surface area contributed by atoms with Gasteiger partial charge in [0, 0.05) is 5.69 Å². The minimum Gasteiger partial charge on any atom is -0.485 e. The van der Waals surface area contributed by atoms with Crippen LogP contribution in [0.2, 0.25) is 0 Å². The molecule has 0 aliphatic heterocycles. The highest BCUT2D eigenvalue weighted by Gasteiger charge is 2.08. The van der Waals surface area contributed by atoms with E-state index in [0.717, 1.165) is 17.9 Å². The van der Waals surface area contributed by atoms with Gasteiger partial charge in [-0.05, 0) is 41.5 Å². The van der Waals surface area contributed by atoms with Crippen molar-refractivity contribution < 1.29 is 9.53 Å². The molecule has 0 aliphatic rings. The Morgan fingerprint density at radius 2 is 1.88 bits per heavy atom. The number of rotatable bonds is 7. The van der Waals surface area contributed by atoms with E-state index in [-0.39, 0.29) is 19.1 Å². The zero-order valence-electron chi connectivity index (χ0n) is 13.9. The van der Waals surface area contributed by atoms with Gasteiger partial charge in [0.2, 0.25) is 11.7 Å². The number of aromatic nitrogens is 4. The number of amides is 1. The van der Waals surface area contributed by atoms with Crippen LogP contribution in [0.3, 0.4) is 0 Å². The SMILES string of the molecule is CCc1ccc(NC(=O)Cn2nnc(COc3ccccc3)n2)cc1. The molecule has 2 aromatic carbocycles. The maximum absolute atomic E-state index is 12.1. The summed E-state index contributed by atoms with van der Waals surface area (Å²) in [5, 5.41) is 14.7. The number of benzene rings is 2. The summed E-state index contributed by atoms with van der Waals surface area (Å²) in [6.45, 7) is 2.28. The number of hydrogen-bond donors (Lipinski definition) is 1. The van der Waals surface area contributed by atoms with Crippen LogP contribution < -0.4 is 10.1 Å². The third kappa shape index (κ3) is 4.87. The second-order valence-electron chi connectivity index (χ2n) is 5.44. The topological polar surface area (TPSA) is 81.9 Å². The Labute approximate surface area is 145 Å². The molecule has 1 amide bonds. The lowest BCUT2D eigenvalue weighted by Crippen LogP contribution is -2.20. The molecule has 1 aromatic heterocycles. The first kappa shape index (κ1) is 16.6. The Kier molecular flexibility index (Phi) is 5.36. The zero-order chi connectivity index (χ0) is 17.5. The minimum absolute atomic E-state index is 0.00609. The molecule has 128 valence electrons. The number of ether oxygens (including phenoxy) is 1. The lowest BCUT2D eigenvalue weighted by atomic mass is 10.1. The maximum atomic E-state index is 12.1. The van der Waals surface area contributed by atoms with E-state index in [9.17, 15) is 4.79 Å². The Balaban J connectivity index is 1.50. The molecular formula is C18H19N5O2. The van der Waals surface area contributed by atoms with Crippen molar-refractivity contribution in [1.82, 2.24) is 20.2 Å². The molecule has 0 spiro atoms. The van der Waals surface area contributed by atoms with E-state index < -0.39 is 0 Å². The number of aryl methyl sites for hydroxylation is 1. The van der Waals surface area contributed by atoms with Crippen LogP contribution in [0.5, 0.6) is 5.75 Å². The van der Waals surface area contributed by atoms with Gasteiger partial charge in [0.25, 0.3) is 0 Å². The molecule has 25 heavy (non-hydrogen) atoms. The largest absolute Gasteiger partial charge is 0.485 e. The summed E-state index contributed by atoms with van der Waals surface area (Å²) in [5.41, 5.74) is 1.97. The fourth-order valence-electron chi connectivity index (χ4n) is 2.22. The van der Waals surface area contributed by atoms with Crippen LogP contribution in [0.1, 0.15) is 18.3 Å². The van der Waals surface area contributed by atoms with E-state index in [0.29, 0.717) is 5.82 Å². The predicted molar refractivity (Wildman–Crippen MR) is 93.0 cm³/mol. The van der Waals surface area contributed by atoms with Gasteiger partial charge in [-0.25, -0.2) is 0 Å². The first-order chi connectivity index (χ1) is 12.2. The van der Waals surface area contributed by atoms with Crippen molar-refractivity contribution in [2.75, 3.05) is 5.32 Å². The van der Waals surface area contributed by atoms with E-state index in [1.807, 2.05) is 54.6 Å². The van der Waals surface area contributed by atoms with Crippen molar-refractivity contribution in [2.24, 2.45) is 0 Å². The smallest absolute Gasteiger partial charge is 0.248 e. The second kappa shape index (κ2) is 8.05. The van der Waals surface area contributed by atoms with Crippen LogP contribution in [0.4, 0.5) is 5.69 Å². The fourth-order valence-corrected chi connectivity index (χ4v) is 2.22.